The summed E-state index contributed by atoms with van der Waals surface area (Å²) in [6.45, 7) is 2.59. The molecule has 0 saturated carbocycles. The summed E-state index contributed by atoms with van der Waals surface area (Å²) >= 11 is 7.27. The first kappa shape index (κ1) is 13.9. The van der Waals surface area contributed by atoms with Crippen LogP contribution in [0.15, 0.2) is 21.2 Å². The van der Waals surface area contributed by atoms with Gasteiger partial charge in [-0.2, -0.15) is 0 Å². The van der Waals surface area contributed by atoms with Gasteiger partial charge < -0.3 is 5.32 Å². The maximum absolute atomic E-state index is 11.6. The van der Waals surface area contributed by atoms with Crippen LogP contribution in [0.5, 0.6) is 0 Å². The van der Waals surface area contributed by atoms with E-state index in [4.69, 9.17) is 11.6 Å². The van der Waals surface area contributed by atoms with Gasteiger partial charge in [0.25, 0.3) is 0 Å². The van der Waals surface area contributed by atoms with Crippen molar-refractivity contribution in [3.05, 3.63) is 21.7 Å². The van der Waals surface area contributed by atoms with Crippen LogP contribution in [0.25, 0.3) is 0 Å². The molecule has 2 heterocycles. The molecule has 0 unspecified atom stereocenters. The Kier molecular flexibility index (Phi) is 4.43. The molecule has 0 fully saturated rings. The number of H-pyrrole nitrogens is 1. The molecule has 2 rings (SSSR count). The zero-order valence-electron chi connectivity index (χ0n) is 10.5. The zero-order chi connectivity index (χ0) is 13.8. The molecule has 19 heavy (non-hydrogen) atoms. The summed E-state index contributed by atoms with van der Waals surface area (Å²) in [5.41, 5.74) is -0.233. The average Bonchev–Trinajstić information content (AvgIpc) is 2.74. The van der Waals surface area contributed by atoms with Crippen molar-refractivity contribution in [2.24, 2.45) is 0 Å². The van der Waals surface area contributed by atoms with Crippen LogP contribution in [-0.2, 0) is 6.54 Å². The van der Waals surface area contributed by atoms with Gasteiger partial charge in [0, 0.05) is 13.6 Å². The van der Waals surface area contributed by atoms with Crippen molar-refractivity contribution in [2.45, 2.75) is 30.1 Å². The molecule has 2 N–H and O–H groups in total. The third-order valence-electron chi connectivity index (χ3n) is 2.29. The Morgan fingerprint density at radius 3 is 3.05 bits per heavy atom. The predicted octanol–water partition coefficient (Wildman–Crippen LogP) is 1.62. The highest BCUT2D eigenvalue weighted by atomic mass is 35.5. The van der Waals surface area contributed by atoms with Gasteiger partial charge in [0.1, 0.15) is 5.03 Å². The molecule has 0 saturated heterocycles. The first-order valence-corrected chi connectivity index (χ1v) is 6.88. The largest absolute Gasteiger partial charge is 0.357 e. The molecule has 0 bridgehead atoms. The van der Waals surface area contributed by atoms with Gasteiger partial charge in [0.05, 0.1) is 11.2 Å². The lowest BCUT2D eigenvalue weighted by Gasteiger charge is -2.05. The second-order valence-corrected chi connectivity index (χ2v) is 5.02. The minimum atomic E-state index is -0.233. The number of halogens is 1. The van der Waals surface area contributed by atoms with Gasteiger partial charge in [0.2, 0.25) is 5.95 Å². The fourth-order valence-electron chi connectivity index (χ4n) is 1.43. The van der Waals surface area contributed by atoms with E-state index in [9.17, 15) is 4.79 Å². The van der Waals surface area contributed by atoms with Crippen LogP contribution >= 0.6 is 23.4 Å². The van der Waals surface area contributed by atoms with E-state index in [0.717, 1.165) is 6.42 Å². The van der Waals surface area contributed by atoms with E-state index in [1.54, 1.807) is 11.6 Å². The van der Waals surface area contributed by atoms with Gasteiger partial charge in [0.15, 0.2) is 5.16 Å². The molecule has 0 amide bonds. The van der Waals surface area contributed by atoms with Crippen molar-refractivity contribution in [3.63, 3.8) is 0 Å². The fraction of sp³-hybridized carbons (Fsp3) is 0.400. The van der Waals surface area contributed by atoms with Crippen molar-refractivity contribution in [1.29, 1.82) is 0 Å². The fourth-order valence-corrected chi connectivity index (χ4v) is 2.47. The van der Waals surface area contributed by atoms with E-state index < -0.39 is 0 Å². The van der Waals surface area contributed by atoms with Crippen LogP contribution in [0.4, 0.5) is 5.95 Å². The lowest BCUT2D eigenvalue weighted by atomic mass is 10.5. The van der Waals surface area contributed by atoms with E-state index in [2.05, 4.69) is 25.5 Å². The van der Waals surface area contributed by atoms with Gasteiger partial charge in [-0.25, -0.2) is 19.9 Å². The topological polar surface area (TPSA) is 88.5 Å². The van der Waals surface area contributed by atoms with Crippen molar-refractivity contribution >= 4 is 29.3 Å². The van der Waals surface area contributed by atoms with Gasteiger partial charge in [-0.3, -0.25) is 4.57 Å². The Labute approximate surface area is 118 Å². The Morgan fingerprint density at radius 2 is 2.37 bits per heavy atom. The molecule has 0 aliphatic heterocycles. The maximum atomic E-state index is 11.6. The number of nitrogens with one attached hydrogen (secondary N) is 2. The molecule has 0 atom stereocenters. The van der Waals surface area contributed by atoms with Crippen LogP contribution < -0.4 is 11.0 Å². The summed E-state index contributed by atoms with van der Waals surface area (Å²) < 4.78 is 1.56. The molecule has 2 aromatic rings. The van der Waals surface area contributed by atoms with Gasteiger partial charge in [-0.05, 0) is 18.2 Å². The van der Waals surface area contributed by atoms with Crippen LogP contribution in [0.3, 0.4) is 0 Å². The quantitative estimate of drug-likeness (QED) is 0.816. The highest BCUT2D eigenvalue weighted by Gasteiger charge is 2.13. The van der Waals surface area contributed by atoms with Crippen molar-refractivity contribution in [2.75, 3.05) is 12.4 Å². The lowest BCUT2D eigenvalue weighted by Crippen LogP contribution is -2.17. The number of hydrogen-bond acceptors (Lipinski definition) is 6. The van der Waals surface area contributed by atoms with Gasteiger partial charge in [-0.1, -0.05) is 18.5 Å². The molecule has 7 nitrogen and oxygen atoms in total. The predicted molar refractivity (Wildman–Crippen MR) is 73.9 cm³/mol. The van der Waals surface area contributed by atoms with E-state index in [-0.39, 0.29) is 5.69 Å². The monoisotopic (exact) mass is 300 g/mol. The Morgan fingerprint density at radius 1 is 1.58 bits per heavy atom. The number of hydrogen-bond donors (Lipinski definition) is 2. The molecule has 2 aromatic heterocycles. The van der Waals surface area contributed by atoms with E-state index in [0.29, 0.717) is 27.7 Å². The van der Waals surface area contributed by atoms with Gasteiger partial charge in [-0.15, -0.1) is 5.10 Å². The molecule has 0 aliphatic rings. The van der Waals surface area contributed by atoms with Crippen LogP contribution in [0.2, 0.25) is 5.02 Å². The second-order valence-electron chi connectivity index (χ2n) is 3.66. The summed E-state index contributed by atoms with van der Waals surface area (Å²) in [4.78, 5) is 19.8. The third kappa shape index (κ3) is 3.07. The summed E-state index contributed by atoms with van der Waals surface area (Å²) in [5, 5.41) is 10.7. The second kappa shape index (κ2) is 6.07. The van der Waals surface area contributed by atoms with Crippen LogP contribution in [0.1, 0.15) is 13.3 Å². The third-order valence-corrected chi connectivity index (χ3v) is 3.68. The number of anilines is 1. The van der Waals surface area contributed by atoms with E-state index >= 15 is 0 Å². The summed E-state index contributed by atoms with van der Waals surface area (Å²) in [6.07, 6.45) is 2.35. The van der Waals surface area contributed by atoms with Crippen LogP contribution in [0, 0.1) is 0 Å². The smallest absolute Gasteiger partial charge is 0.343 e. The first-order valence-electron chi connectivity index (χ1n) is 5.69. The molecule has 0 aromatic carbocycles. The number of nitrogens with zero attached hydrogens (tertiary/aromatic N) is 4. The first-order chi connectivity index (χ1) is 9.15. The minimum Gasteiger partial charge on any atom is -0.357 e. The van der Waals surface area contributed by atoms with Gasteiger partial charge >= 0.3 is 5.69 Å². The summed E-state index contributed by atoms with van der Waals surface area (Å²) in [5.74, 6) is 0.465. The highest BCUT2D eigenvalue weighted by Crippen LogP contribution is 2.29. The van der Waals surface area contributed by atoms with Crippen molar-refractivity contribution in [3.8, 4) is 0 Å². The zero-order valence-corrected chi connectivity index (χ0v) is 12.0. The Bertz CT molecular complexity index is 625. The summed E-state index contributed by atoms with van der Waals surface area (Å²) in [6, 6.07) is 0. The number of rotatable bonds is 5. The van der Waals surface area contributed by atoms with E-state index in [1.807, 2.05) is 6.92 Å². The molecule has 0 radical (unpaired) electrons. The molecule has 0 aliphatic carbocycles. The van der Waals surface area contributed by atoms with Crippen molar-refractivity contribution in [1.82, 2.24) is 24.7 Å². The number of aromatic nitrogens is 5. The van der Waals surface area contributed by atoms with Crippen molar-refractivity contribution < 1.29 is 0 Å². The van der Waals surface area contributed by atoms with Crippen LogP contribution in [-0.4, -0.2) is 31.8 Å². The molecule has 9 heteroatoms. The maximum Gasteiger partial charge on any atom is 0.343 e. The molecular weight excluding hydrogens is 288 g/mol. The standard InChI is InChI=1S/C10H13ClN6OS/c1-3-4-17-9(18)15-16-10(17)19-7-6(11)5-13-8(12-2)14-7/h5H,3-4H2,1-2H3,(H,15,18)(H,12,13,14). The van der Waals surface area contributed by atoms with E-state index in [1.165, 1.54) is 18.0 Å². The Balaban J connectivity index is 2.33. The number of aromatic amines is 1. The molecule has 102 valence electrons. The minimum absolute atomic E-state index is 0.233. The highest BCUT2D eigenvalue weighted by molar-refractivity contribution is 7.99. The SMILES string of the molecule is CCCn1c(Sc2nc(NC)ncc2Cl)n[nH]c1=O. The lowest BCUT2D eigenvalue weighted by molar-refractivity contribution is 0.603. The Hall–Kier alpha value is -1.54. The normalized spacial score (nSPS) is 10.7. The summed E-state index contributed by atoms with van der Waals surface area (Å²) in [7, 11) is 1.72. The average molecular weight is 301 g/mol. The molecule has 0 spiro atoms. The molecular formula is C10H13ClN6OS.